The Balaban J connectivity index is 1.42. The summed E-state index contributed by atoms with van der Waals surface area (Å²) in [7, 11) is -3.77. The SMILES string of the molecule is Cc1ccc(NC(=O)C2CCN(S(=O)(=O)c3ccc4c(c3)NC(=O)C(C)O4)CC2)c(Cl)c1. The van der Waals surface area contributed by atoms with Gasteiger partial charge >= 0.3 is 0 Å². The topological polar surface area (TPSA) is 105 Å². The molecule has 1 fully saturated rings. The number of rotatable bonds is 4. The molecule has 0 bridgehead atoms. The van der Waals surface area contributed by atoms with Crippen LogP contribution in [0.1, 0.15) is 25.3 Å². The van der Waals surface area contributed by atoms with Crippen LogP contribution in [0, 0.1) is 12.8 Å². The van der Waals surface area contributed by atoms with Gasteiger partial charge in [0.15, 0.2) is 6.10 Å². The summed E-state index contributed by atoms with van der Waals surface area (Å²) in [6, 6.07) is 9.82. The first-order valence-electron chi connectivity index (χ1n) is 10.3. The van der Waals surface area contributed by atoms with Crippen LogP contribution in [0.15, 0.2) is 41.3 Å². The molecule has 0 saturated carbocycles. The second-order valence-corrected chi connectivity index (χ2v) is 10.4. The van der Waals surface area contributed by atoms with Gasteiger partial charge < -0.3 is 15.4 Å². The fourth-order valence-electron chi connectivity index (χ4n) is 3.81. The van der Waals surface area contributed by atoms with Crippen molar-refractivity contribution in [2.24, 2.45) is 5.92 Å². The molecule has 1 atom stereocenters. The minimum absolute atomic E-state index is 0.0732. The Morgan fingerprint density at radius 1 is 1.19 bits per heavy atom. The quantitative estimate of drug-likeness (QED) is 0.702. The lowest BCUT2D eigenvalue weighted by molar-refractivity contribution is -0.123. The Labute approximate surface area is 191 Å². The van der Waals surface area contributed by atoms with Gasteiger partial charge in [0.2, 0.25) is 15.9 Å². The lowest BCUT2D eigenvalue weighted by Crippen LogP contribution is -2.41. The number of fused-ring (bicyclic) bond motifs is 1. The van der Waals surface area contributed by atoms with Gasteiger partial charge in [0.25, 0.3) is 5.91 Å². The van der Waals surface area contributed by atoms with Crippen LogP contribution >= 0.6 is 11.6 Å². The van der Waals surface area contributed by atoms with Crippen molar-refractivity contribution in [3.05, 3.63) is 47.0 Å². The van der Waals surface area contributed by atoms with Crippen molar-refractivity contribution < 1.29 is 22.7 Å². The normalized spacial score (nSPS) is 19.6. The third-order valence-corrected chi connectivity index (χ3v) is 7.93. The van der Waals surface area contributed by atoms with Crippen LogP contribution in [-0.4, -0.2) is 43.7 Å². The molecule has 0 radical (unpaired) electrons. The van der Waals surface area contributed by atoms with E-state index in [1.807, 2.05) is 13.0 Å². The van der Waals surface area contributed by atoms with Gasteiger partial charge in [-0.3, -0.25) is 9.59 Å². The second kappa shape index (κ2) is 8.73. The maximum absolute atomic E-state index is 13.1. The zero-order valence-electron chi connectivity index (χ0n) is 17.7. The standard InChI is InChI=1S/C22H24ClN3O5S/c1-13-3-5-18(17(23)11-13)24-22(28)15-7-9-26(10-8-15)32(29,30)16-4-6-20-19(12-16)25-21(27)14(2)31-20/h3-6,11-12,14-15H,7-10H2,1-2H3,(H,24,28)(H,25,27). The van der Waals surface area contributed by atoms with Crippen molar-refractivity contribution >= 4 is 44.8 Å². The molecule has 2 aliphatic heterocycles. The van der Waals surface area contributed by atoms with Crippen molar-refractivity contribution in [1.82, 2.24) is 4.31 Å². The van der Waals surface area contributed by atoms with Crippen molar-refractivity contribution in [3.63, 3.8) is 0 Å². The fourth-order valence-corrected chi connectivity index (χ4v) is 5.59. The first-order valence-corrected chi connectivity index (χ1v) is 12.2. The van der Waals surface area contributed by atoms with Gasteiger partial charge in [-0.15, -0.1) is 0 Å². The third-order valence-electron chi connectivity index (χ3n) is 5.73. The van der Waals surface area contributed by atoms with Gasteiger partial charge in [-0.2, -0.15) is 4.31 Å². The number of ether oxygens (including phenoxy) is 1. The molecule has 1 unspecified atom stereocenters. The lowest BCUT2D eigenvalue weighted by atomic mass is 9.97. The molecule has 32 heavy (non-hydrogen) atoms. The van der Waals surface area contributed by atoms with Crippen molar-refractivity contribution in [1.29, 1.82) is 0 Å². The summed E-state index contributed by atoms with van der Waals surface area (Å²) in [6.07, 6.45) is 0.165. The van der Waals surface area contributed by atoms with Crippen molar-refractivity contribution in [2.75, 3.05) is 23.7 Å². The number of nitrogens with one attached hydrogen (secondary N) is 2. The minimum atomic E-state index is -3.77. The number of sulfonamides is 1. The highest BCUT2D eigenvalue weighted by atomic mass is 35.5. The lowest BCUT2D eigenvalue weighted by Gasteiger charge is -2.31. The number of carbonyl (C=O) groups excluding carboxylic acids is 2. The Morgan fingerprint density at radius 3 is 2.59 bits per heavy atom. The highest BCUT2D eigenvalue weighted by molar-refractivity contribution is 7.89. The first kappa shape index (κ1) is 22.6. The molecule has 0 aliphatic carbocycles. The van der Waals surface area contributed by atoms with E-state index < -0.39 is 16.1 Å². The Morgan fingerprint density at radius 2 is 1.91 bits per heavy atom. The van der Waals surface area contributed by atoms with Gasteiger partial charge in [-0.1, -0.05) is 17.7 Å². The molecule has 4 rings (SSSR count). The summed E-state index contributed by atoms with van der Waals surface area (Å²) >= 11 is 6.19. The van der Waals surface area contributed by atoms with E-state index in [-0.39, 0.29) is 35.7 Å². The zero-order chi connectivity index (χ0) is 23.0. The molecule has 2 heterocycles. The van der Waals surface area contributed by atoms with E-state index in [0.717, 1.165) is 5.56 Å². The minimum Gasteiger partial charge on any atom is -0.479 e. The van der Waals surface area contributed by atoms with E-state index >= 15 is 0 Å². The monoisotopic (exact) mass is 477 g/mol. The molecule has 2 N–H and O–H groups in total. The van der Waals surface area contributed by atoms with Gasteiger partial charge in [-0.05, 0) is 62.6 Å². The van der Waals surface area contributed by atoms with Crippen LogP contribution in [0.5, 0.6) is 5.75 Å². The number of benzene rings is 2. The van der Waals surface area contributed by atoms with Gasteiger partial charge in [-0.25, -0.2) is 8.42 Å². The smallest absolute Gasteiger partial charge is 0.265 e. The van der Waals surface area contributed by atoms with Crippen LogP contribution < -0.4 is 15.4 Å². The first-order chi connectivity index (χ1) is 15.1. The maximum atomic E-state index is 13.1. The van der Waals surface area contributed by atoms with Crippen LogP contribution in [0.2, 0.25) is 5.02 Å². The molecule has 2 aliphatic rings. The van der Waals surface area contributed by atoms with E-state index in [9.17, 15) is 18.0 Å². The van der Waals surface area contributed by atoms with Crippen LogP contribution in [0.4, 0.5) is 11.4 Å². The van der Waals surface area contributed by atoms with Gasteiger partial charge in [0, 0.05) is 19.0 Å². The molecule has 170 valence electrons. The highest BCUT2D eigenvalue weighted by Crippen LogP contribution is 2.34. The maximum Gasteiger partial charge on any atom is 0.265 e. The fraction of sp³-hybridized carbons (Fsp3) is 0.364. The number of aryl methyl sites for hydroxylation is 1. The number of nitrogens with zero attached hydrogens (tertiary/aromatic N) is 1. The predicted molar refractivity (Wildman–Crippen MR) is 121 cm³/mol. The zero-order valence-corrected chi connectivity index (χ0v) is 19.3. The van der Waals surface area contributed by atoms with Crippen molar-refractivity contribution in [3.8, 4) is 5.75 Å². The van der Waals surface area contributed by atoms with Crippen LogP contribution in [-0.2, 0) is 19.6 Å². The van der Waals surface area contributed by atoms with E-state index in [0.29, 0.717) is 35.0 Å². The van der Waals surface area contributed by atoms with Gasteiger partial charge in [0.1, 0.15) is 5.75 Å². The van der Waals surface area contributed by atoms with Crippen LogP contribution in [0.25, 0.3) is 0 Å². The second-order valence-electron chi connectivity index (χ2n) is 8.06. The Hall–Kier alpha value is -2.62. The number of carbonyl (C=O) groups is 2. The van der Waals surface area contributed by atoms with Crippen molar-refractivity contribution in [2.45, 2.75) is 37.7 Å². The molecule has 8 nitrogen and oxygen atoms in total. The molecular formula is C22H24ClN3O5S. The average molecular weight is 478 g/mol. The number of hydrogen-bond donors (Lipinski definition) is 2. The molecule has 10 heteroatoms. The summed E-state index contributed by atoms with van der Waals surface area (Å²) < 4.78 is 33.1. The molecule has 2 aromatic carbocycles. The number of piperidine rings is 1. The average Bonchev–Trinajstić information content (AvgIpc) is 2.76. The van der Waals surface area contributed by atoms with E-state index in [4.69, 9.17) is 16.3 Å². The highest BCUT2D eigenvalue weighted by Gasteiger charge is 2.33. The number of amides is 2. The summed E-state index contributed by atoms with van der Waals surface area (Å²) in [6.45, 7) is 3.98. The molecular weight excluding hydrogens is 454 g/mol. The molecule has 2 amide bonds. The largest absolute Gasteiger partial charge is 0.479 e. The summed E-state index contributed by atoms with van der Waals surface area (Å²) in [5, 5.41) is 5.98. The number of anilines is 2. The van der Waals surface area contributed by atoms with Crippen LogP contribution in [0.3, 0.4) is 0 Å². The number of hydrogen-bond acceptors (Lipinski definition) is 5. The summed E-state index contributed by atoms with van der Waals surface area (Å²) in [5.41, 5.74) is 1.87. The molecule has 2 aromatic rings. The van der Waals surface area contributed by atoms with E-state index in [1.54, 1.807) is 25.1 Å². The summed E-state index contributed by atoms with van der Waals surface area (Å²) in [5.74, 6) is -0.374. The Kier molecular flexibility index (Phi) is 6.15. The Bertz CT molecular complexity index is 1180. The van der Waals surface area contributed by atoms with Gasteiger partial charge in [0.05, 0.1) is 21.3 Å². The van der Waals surface area contributed by atoms with E-state index in [1.165, 1.54) is 16.4 Å². The molecule has 0 aromatic heterocycles. The number of halogens is 1. The molecule has 1 saturated heterocycles. The van der Waals surface area contributed by atoms with E-state index in [2.05, 4.69) is 10.6 Å². The predicted octanol–water partition coefficient (Wildman–Crippen LogP) is 3.41. The molecule has 0 spiro atoms. The summed E-state index contributed by atoms with van der Waals surface area (Å²) in [4.78, 5) is 24.6. The third kappa shape index (κ3) is 4.46.